The molecule has 0 fully saturated rings. The molecule has 0 spiro atoms. The highest BCUT2D eigenvalue weighted by Crippen LogP contribution is 2.25. The van der Waals surface area contributed by atoms with E-state index in [1.165, 1.54) is 0 Å². The molecule has 0 aliphatic carbocycles. The zero-order valence-electron chi connectivity index (χ0n) is 12.8. The number of aromatic nitrogens is 4. The van der Waals surface area contributed by atoms with Gasteiger partial charge in [-0.05, 0) is 24.1 Å². The molecule has 2 heterocycles. The van der Waals surface area contributed by atoms with E-state index in [9.17, 15) is 5.11 Å². The molecule has 0 bridgehead atoms. The zero-order valence-corrected chi connectivity index (χ0v) is 12.8. The van der Waals surface area contributed by atoms with Crippen LogP contribution in [0.4, 0.5) is 0 Å². The van der Waals surface area contributed by atoms with Gasteiger partial charge in [-0.1, -0.05) is 25.1 Å². The van der Waals surface area contributed by atoms with Gasteiger partial charge in [-0.2, -0.15) is 10.2 Å². The Bertz CT molecular complexity index is 759. The largest absolute Gasteiger partial charge is 0.391 e. The molecule has 114 valence electrons. The minimum Gasteiger partial charge on any atom is -0.391 e. The Morgan fingerprint density at radius 3 is 2.73 bits per heavy atom. The molecule has 0 unspecified atom stereocenters. The van der Waals surface area contributed by atoms with Crippen LogP contribution in [0.15, 0.2) is 48.9 Å². The third-order valence-corrected chi connectivity index (χ3v) is 3.71. The third-order valence-electron chi connectivity index (χ3n) is 3.71. The normalized spacial score (nSPS) is 12.5. The second-order valence-corrected chi connectivity index (χ2v) is 5.47. The summed E-state index contributed by atoms with van der Waals surface area (Å²) in [5.74, 6) is 0. The number of aliphatic hydroxyl groups is 1. The van der Waals surface area contributed by atoms with Crippen molar-refractivity contribution in [2.75, 3.05) is 0 Å². The van der Waals surface area contributed by atoms with E-state index in [4.69, 9.17) is 0 Å². The fraction of sp³-hybridized carbons (Fsp3) is 0.294. The third kappa shape index (κ3) is 3.09. The minimum absolute atomic E-state index is 0.352. The van der Waals surface area contributed by atoms with Crippen LogP contribution in [0.2, 0.25) is 0 Å². The average Bonchev–Trinajstić information content (AvgIpc) is 3.16. The monoisotopic (exact) mass is 296 g/mol. The Hall–Kier alpha value is -2.40. The number of aliphatic hydroxyl groups excluding tert-OH is 1. The van der Waals surface area contributed by atoms with Crippen molar-refractivity contribution >= 4 is 0 Å². The molecule has 0 amide bonds. The predicted octanol–water partition coefficient (Wildman–Crippen LogP) is 2.72. The molecule has 5 heteroatoms. The highest BCUT2D eigenvalue weighted by molar-refractivity contribution is 5.70. The SMILES string of the molecule is CC[C@@H](O)Cn1ccc(-c2cccc(-c3cnn(C)c3)c2)n1. The van der Waals surface area contributed by atoms with Gasteiger partial charge in [0.2, 0.25) is 0 Å². The lowest BCUT2D eigenvalue weighted by molar-refractivity contribution is 0.145. The smallest absolute Gasteiger partial charge is 0.0923 e. The van der Waals surface area contributed by atoms with Crippen LogP contribution in [0, 0.1) is 0 Å². The van der Waals surface area contributed by atoms with Gasteiger partial charge in [-0.15, -0.1) is 0 Å². The van der Waals surface area contributed by atoms with Crippen molar-refractivity contribution in [3.8, 4) is 22.4 Å². The van der Waals surface area contributed by atoms with Crippen molar-refractivity contribution < 1.29 is 5.11 Å². The molecule has 1 N–H and O–H groups in total. The Morgan fingerprint density at radius 2 is 2.00 bits per heavy atom. The van der Waals surface area contributed by atoms with Gasteiger partial charge in [0, 0.05) is 30.6 Å². The van der Waals surface area contributed by atoms with Crippen LogP contribution < -0.4 is 0 Å². The standard InChI is InChI=1S/C17H20N4O/c1-3-16(22)12-21-8-7-17(19-21)14-6-4-5-13(9-14)15-10-18-20(2)11-15/h4-11,16,22H,3,12H2,1-2H3/t16-/m1/s1. The van der Waals surface area contributed by atoms with Gasteiger partial charge in [0.1, 0.15) is 0 Å². The van der Waals surface area contributed by atoms with Gasteiger partial charge in [-0.25, -0.2) is 0 Å². The second kappa shape index (κ2) is 6.15. The van der Waals surface area contributed by atoms with E-state index in [1.807, 2.05) is 50.8 Å². The summed E-state index contributed by atoms with van der Waals surface area (Å²) in [6.45, 7) is 2.49. The van der Waals surface area contributed by atoms with Crippen LogP contribution in [0.5, 0.6) is 0 Å². The summed E-state index contributed by atoms with van der Waals surface area (Å²) in [5, 5.41) is 18.5. The van der Waals surface area contributed by atoms with Gasteiger partial charge in [-0.3, -0.25) is 9.36 Å². The van der Waals surface area contributed by atoms with Crippen molar-refractivity contribution in [2.24, 2.45) is 7.05 Å². The van der Waals surface area contributed by atoms with Crippen LogP contribution in [0.1, 0.15) is 13.3 Å². The van der Waals surface area contributed by atoms with E-state index in [1.54, 1.807) is 9.36 Å². The number of nitrogens with zero attached hydrogens (tertiary/aromatic N) is 4. The maximum Gasteiger partial charge on any atom is 0.0923 e. The molecule has 1 aromatic carbocycles. The van der Waals surface area contributed by atoms with E-state index in [-0.39, 0.29) is 6.10 Å². The summed E-state index contributed by atoms with van der Waals surface area (Å²) in [4.78, 5) is 0. The topological polar surface area (TPSA) is 55.9 Å². The first-order valence-corrected chi connectivity index (χ1v) is 7.46. The average molecular weight is 296 g/mol. The first-order chi connectivity index (χ1) is 10.7. The Balaban J connectivity index is 1.86. The van der Waals surface area contributed by atoms with Gasteiger partial charge in [0.05, 0.1) is 24.5 Å². The van der Waals surface area contributed by atoms with Crippen LogP contribution in [-0.2, 0) is 13.6 Å². The Morgan fingerprint density at radius 1 is 1.18 bits per heavy atom. The Kier molecular flexibility index (Phi) is 4.06. The molecule has 2 aromatic heterocycles. The van der Waals surface area contributed by atoms with E-state index in [2.05, 4.69) is 22.3 Å². The summed E-state index contributed by atoms with van der Waals surface area (Å²) in [5.41, 5.74) is 4.18. The molecular weight excluding hydrogens is 276 g/mol. The van der Waals surface area contributed by atoms with Crippen molar-refractivity contribution in [1.29, 1.82) is 0 Å². The quantitative estimate of drug-likeness (QED) is 0.787. The second-order valence-electron chi connectivity index (χ2n) is 5.47. The molecule has 5 nitrogen and oxygen atoms in total. The maximum absolute atomic E-state index is 9.72. The molecule has 0 aliphatic rings. The van der Waals surface area contributed by atoms with Crippen LogP contribution >= 0.6 is 0 Å². The zero-order chi connectivity index (χ0) is 15.5. The number of rotatable bonds is 5. The molecular formula is C17H20N4O. The summed E-state index contributed by atoms with van der Waals surface area (Å²) in [6, 6.07) is 10.2. The molecule has 0 radical (unpaired) electrons. The highest BCUT2D eigenvalue weighted by atomic mass is 16.3. The fourth-order valence-corrected chi connectivity index (χ4v) is 2.39. The molecule has 0 saturated carbocycles. The first kappa shape index (κ1) is 14.5. The van der Waals surface area contributed by atoms with Gasteiger partial charge in [0.15, 0.2) is 0 Å². The van der Waals surface area contributed by atoms with Crippen molar-refractivity contribution in [3.05, 3.63) is 48.9 Å². The fourth-order valence-electron chi connectivity index (χ4n) is 2.39. The highest BCUT2D eigenvalue weighted by Gasteiger charge is 2.08. The van der Waals surface area contributed by atoms with Gasteiger partial charge >= 0.3 is 0 Å². The minimum atomic E-state index is -0.352. The van der Waals surface area contributed by atoms with Gasteiger partial charge < -0.3 is 5.11 Å². The number of benzene rings is 1. The van der Waals surface area contributed by atoms with Crippen LogP contribution in [0.25, 0.3) is 22.4 Å². The van der Waals surface area contributed by atoms with Gasteiger partial charge in [0.25, 0.3) is 0 Å². The summed E-state index contributed by atoms with van der Waals surface area (Å²) in [6.07, 6.45) is 6.14. The first-order valence-electron chi connectivity index (χ1n) is 7.46. The predicted molar refractivity (Wildman–Crippen MR) is 86.2 cm³/mol. The van der Waals surface area contributed by atoms with E-state index in [0.717, 1.165) is 28.8 Å². The molecule has 22 heavy (non-hydrogen) atoms. The summed E-state index contributed by atoms with van der Waals surface area (Å²) >= 11 is 0. The Labute approximate surface area is 129 Å². The molecule has 0 aliphatic heterocycles. The molecule has 0 saturated heterocycles. The molecule has 1 atom stereocenters. The van der Waals surface area contributed by atoms with E-state index in [0.29, 0.717) is 6.54 Å². The maximum atomic E-state index is 9.72. The number of aryl methyl sites for hydroxylation is 1. The molecule has 3 rings (SSSR count). The van der Waals surface area contributed by atoms with Crippen LogP contribution in [-0.4, -0.2) is 30.8 Å². The summed E-state index contributed by atoms with van der Waals surface area (Å²) < 4.78 is 3.59. The lowest BCUT2D eigenvalue weighted by atomic mass is 10.0. The molecule has 3 aromatic rings. The van der Waals surface area contributed by atoms with E-state index < -0.39 is 0 Å². The number of hydrogen-bond acceptors (Lipinski definition) is 3. The van der Waals surface area contributed by atoms with Crippen molar-refractivity contribution in [3.63, 3.8) is 0 Å². The van der Waals surface area contributed by atoms with Crippen LogP contribution in [0.3, 0.4) is 0 Å². The van der Waals surface area contributed by atoms with E-state index >= 15 is 0 Å². The summed E-state index contributed by atoms with van der Waals surface area (Å²) in [7, 11) is 1.91. The number of hydrogen-bond donors (Lipinski definition) is 1. The van der Waals surface area contributed by atoms with Crippen molar-refractivity contribution in [1.82, 2.24) is 19.6 Å². The lowest BCUT2D eigenvalue weighted by Gasteiger charge is -2.07. The lowest BCUT2D eigenvalue weighted by Crippen LogP contribution is -2.14. The van der Waals surface area contributed by atoms with Crippen molar-refractivity contribution in [2.45, 2.75) is 26.0 Å².